The second-order valence-electron chi connectivity index (χ2n) is 7.17. The molecule has 0 bridgehead atoms. The summed E-state index contributed by atoms with van der Waals surface area (Å²) < 4.78 is 19.9. The Bertz CT molecular complexity index is 879. The molecule has 1 aliphatic heterocycles. The summed E-state index contributed by atoms with van der Waals surface area (Å²) >= 11 is 0. The van der Waals surface area contributed by atoms with Gasteiger partial charge in [-0.15, -0.1) is 0 Å². The van der Waals surface area contributed by atoms with Gasteiger partial charge in [0.25, 0.3) is 5.91 Å². The van der Waals surface area contributed by atoms with Crippen molar-refractivity contribution in [3.63, 3.8) is 0 Å². The van der Waals surface area contributed by atoms with Crippen molar-refractivity contribution in [3.8, 4) is 6.07 Å². The zero-order valence-electron chi connectivity index (χ0n) is 14.8. The Morgan fingerprint density at radius 2 is 2.30 bits per heavy atom. The summed E-state index contributed by atoms with van der Waals surface area (Å²) in [5.41, 5.74) is 8.45. The number of nitrogens with zero attached hydrogens (tertiary/aromatic N) is 2. The molecule has 2 aromatic rings. The molecule has 7 nitrogen and oxygen atoms in total. The highest BCUT2D eigenvalue weighted by atomic mass is 19.1. The Balaban J connectivity index is 1.48. The third kappa shape index (κ3) is 3.31. The number of furan rings is 1. The van der Waals surface area contributed by atoms with Crippen molar-refractivity contribution in [1.29, 1.82) is 5.26 Å². The topological polar surface area (TPSA) is 103 Å². The summed E-state index contributed by atoms with van der Waals surface area (Å²) in [5.74, 6) is -0.349. The van der Waals surface area contributed by atoms with Crippen molar-refractivity contribution >= 4 is 5.91 Å². The molecule has 0 spiro atoms. The van der Waals surface area contributed by atoms with Crippen LogP contribution in [0.4, 0.5) is 4.39 Å². The molecule has 3 N–H and O–H groups in total. The van der Waals surface area contributed by atoms with E-state index in [9.17, 15) is 9.18 Å². The van der Waals surface area contributed by atoms with Crippen LogP contribution in [0.25, 0.3) is 0 Å². The third-order valence-corrected chi connectivity index (χ3v) is 5.41. The van der Waals surface area contributed by atoms with E-state index in [-0.39, 0.29) is 42.1 Å². The van der Waals surface area contributed by atoms with Gasteiger partial charge in [0.05, 0.1) is 30.2 Å². The number of carbonyl (C=O) groups excluding carboxylic acids is 1. The van der Waals surface area contributed by atoms with Gasteiger partial charge in [-0.1, -0.05) is 0 Å². The second-order valence-corrected chi connectivity index (χ2v) is 7.17. The van der Waals surface area contributed by atoms with Crippen molar-refractivity contribution in [2.75, 3.05) is 0 Å². The SMILES string of the molecule is Cc1cc(C#N)cnc1C(=O)NC1CC(F)C2NNC(c3ccoc3)C2C1. The van der Waals surface area contributed by atoms with Gasteiger partial charge in [0.2, 0.25) is 0 Å². The number of nitriles is 1. The number of hydrazine groups is 1. The number of amides is 1. The van der Waals surface area contributed by atoms with Gasteiger partial charge in [-0.3, -0.25) is 10.2 Å². The molecule has 2 fully saturated rings. The zero-order valence-corrected chi connectivity index (χ0v) is 14.8. The van der Waals surface area contributed by atoms with E-state index in [1.54, 1.807) is 25.5 Å². The molecule has 1 saturated carbocycles. The highest BCUT2D eigenvalue weighted by molar-refractivity contribution is 5.93. The quantitative estimate of drug-likeness (QED) is 0.764. The van der Waals surface area contributed by atoms with Crippen molar-refractivity contribution < 1.29 is 13.6 Å². The van der Waals surface area contributed by atoms with Gasteiger partial charge in [-0.2, -0.15) is 5.26 Å². The van der Waals surface area contributed by atoms with Crippen molar-refractivity contribution in [2.24, 2.45) is 5.92 Å². The predicted molar refractivity (Wildman–Crippen MR) is 94.1 cm³/mol. The lowest BCUT2D eigenvalue weighted by atomic mass is 9.76. The Hall–Kier alpha value is -2.76. The number of hydrogen-bond acceptors (Lipinski definition) is 6. The summed E-state index contributed by atoms with van der Waals surface area (Å²) in [7, 11) is 0. The van der Waals surface area contributed by atoms with E-state index in [4.69, 9.17) is 9.68 Å². The smallest absolute Gasteiger partial charge is 0.270 e. The summed E-state index contributed by atoms with van der Waals surface area (Å²) in [6.45, 7) is 1.73. The average Bonchev–Trinajstić information content (AvgIpc) is 3.30. The molecular weight excluding hydrogens is 349 g/mol. The maximum atomic E-state index is 14.7. The van der Waals surface area contributed by atoms with Crippen LogP contribution in [0.2, 0.25) is 0 Å². The van der Waals surface area contributed by atoms with Gasteiger partial charge in [-0.25, -0.2) is 14.8 Å². The number of pyridine rings is 1. The number of nitrogens with one attached hydrogen (secondary N) is 3. The standard InChI is InChI=1S/C19H20FN5O2/c1-10-4-11(7-21)8-22-16(10)19(26)23-13-5-14-17(12-2-3-27-9-12)24-25-18(14)15(20)6-13/h2-4,8-9,13-15,17-18,24-25H,5-6H2,1H3,(H,23,26). The van der Waals surface area contributed by atoms with Crippen molar-refractivity contribution in [3.05, 3.63) is 53.2 Å². The van der Waals surface area contributed by atoms with Gasteiger partial charge in [-0.05, 0) is 31.0 Å². The van der Waals surface area contributed by atoms with Crippen LogP contribution in [0.1, 0.15) is 46.1 Å². The van der Waals surface area contributed by atoms with E-state index in [1.807, 2.05) is 12.1 Å². The molecule has 4 rings (SSSR count). The molecule has 0 aromatic carbocycles. The number of hydrogen-bond donors (Lipinski definition) is 3. The Labute approximate surface area is 155 Å². The Morgan fingerprint density at radius 3 is 3.00 bits per heavy atom. The van der Waals surface area contributed by atoms with E-state index in [0.717, 1.165) is 5.56 Å². The first-order chi connectivity index (χ1) is 13.1. The molecule has 2 aliphatic rings. The number of carbonyl (C=O) groups is 1. The van der Waals surface area contributed by atoms with Crippen LogP contribution in [-0.4, -0.2) is 29.1 Å². The lowest BCUT2D eigenvalue weighted by molar-refractivity contribution is 0.0859. The number of rotatable bonds is 3. The molecule has 140 valence electrons. The predicted octanol–water partition coefficient (Wildman–Crippen LogP) is 1.92. The molecule has 2 aromatic heterocycles. The van der Waals surface area contributed by atoms with E-state index in [0.29, 0.717) is 17.5 Å². The number of alkyl halides is 1. The monoisotopic (exact) mass is 369 g/mol. The van der Waals surface area contributed by atoms with Gasteiger partial charge in [0.1, 0.15) is 17.9 Å². The highest BCUT2D eigenvalue weighted by Crippen LogP contribution is 2.39. The number of fused-ring (bicyclic) bond motifs is 1. The van der Waals surface area contributed by atoms with E-state index in [1.165, 1.54) is 6.20 Å². The van der Waals surface area contributed by atoms with Gasteiger partial charge in [0, 0.05) is 30.1 Å². The van der Waals surface area contributed by atoms with Crippen LogP contribution >= 0.6 is 0 Å². The number of halogens is 1. The summed E-state index contributed by atoms with van der Waals surface area (Å²) in [5, 5.41) is 11.8. The van der Waals surface area contributed by atoms with Crippen LogP contribution in [0.5, 0.6) is 0 Å². The van der Waals surface area contributed by atoms with E-state index in [2.05, 4.69) is 21.2 Å². The summed E-state index contributed by atoms with van der Waals surface area (Å²) in [6, 6.07) is 4.83. The fourth-order valence-electron chi connectivity index (χ4n) is 4.12. The van der Waals surface area contributed by atoms with Crippen LogP contribution in [0.3, 0.4) is 0 Å². The number of aryl methyl sites for hydroxylation is 1. The van der Waals surface area contributed by atoms with E-state index >= 15 is 0 Å². The Kier molecular flexibility index (Phi) is 4.64. The largest absolute Gasteiger partial charge is 0.472 e. The molecule has 27 heavy (non-hydrogen) atoms. The summed E-state index contributed by atoms with van der Waals surface area (Å²) in [6.07, 6.45) is 4.43. The molecule has 3 heterocycles. The second kappa shape index (κ2) is 7.10. The molecule has 1 amide bonds. The zero-order chi connectivity index (χ0) is 19.0. The van der Waals surface area contributed by atoms with Gasteiger partial charge < -0.3 is 9.73 Å². The van der Waals surface area contributed by atoms with Crippen LogP contribution < -0.4 is 16.2 Å². The van der Waals surface area contributed by atoms with Crippen LogP contribution in [-0.2, 0) is 0 Å². The molecule has 8 heteroatoms. The minimum absolute atomic E-state index is 0.00771. The van der Waals surface area contributed by atoms with E-state index < -0.39 is 6.17 Å². The molecule has 5 unspecified atom stereocenters. The molecule has 5 atom stereocenters. The average molecular weight is 369 g/mol. The molecule has 0 radical (unpaired) electrons. The first-order valence-corrected chi connectivity index (χ1v) is 8.91. The van der Waals surface area contributed by atoms with Crippen molar-refractivity contribution in [2.45, 2.75) is 44.1 Å². The van der Waals surface area contributed by atoms with Crippen LogP contribution in [0, 0.1) is 24.2 Å². The lowest BCUT2D eigenvalue weighted by Crippen LogP contribution is -2.50. The first kappa shape index (κ1) is 17.6. The molecular formula is C19H20FN5O2. The minimum Gasteiger partial charge on any atom is -0.472 e. The number of aromatic nitrogens is 1. The first-order valence-electron chi connectivity index (χ1n) is 8.91. The fourth-order valence-corrected chi connectivity index (χ4v) is 4.12. The maximum absolute atomic E-state index is 14.7. The minimum atomic E-state index is -1.08. The summed E-state index contributed by atoms with van der Waals surface area (Å²) in [4.78, 5) is 16.7. The lowest BCUT2D eigenvalue weighted by Gasteiger charge is -2.35. The Morgan fingerprint density at radius 1 is 1.44 bits per heavy atom. The van der Waals surface area contributed by atoms with Crippen LogP contribution in [0.15, 0.2) is 35.3 Å². The van der Waals surface area contributed by atoms with Crippen molar-refractivity contribution in [1.82, 2.24) is 21.2 Å². The van der Waals surface area contributed by atoms with Gasteiger partial charge in [0.15, 0.2) is 0 Å². The highest BCUT2D eigenvalue weighted by Gasteiger charge is 2.47. The molecule has 1 saturated heterocycles. The fraction of sp³-hybridized carbons (Fsp3) is 0.421. The third-order valence-electron chi connectivity index (χ3n) is 5.41. The molecule has 1 aliphatic carbocycles. The van der Waals surface area contributed by atoms with Gasteiger partial charge >= 0.3 is 0 Å². The maximum Gasteiger partial charge on any atom is 0.270 e. The normalized spacial score (nSPS) is 29.7.